The minimum absolute atomic E-state index is 0.202. The van der Waals surface area contributed by atoms with Crippen LogP contribution in [0.2, 0.25) is 5.02 Å². The maximum absolute atomic E-state index is 8.59. The van der Waals surface area contributed by atoms with Crippen molar-refractivity contribution >= 4 is 23.2 Å². The molecule has 0 saturated carbocycles. The average Bonchev–Trinajstić information content (AvgIpc) is 2.15. The summed E-state index contributed by atoms with van der Waals surface area (Å²) < 4.78 is 5.22. The topological polar surface area (TPSA) is 33.0 Å². The molecule has 0 aromatic heterocycles. The summed E-state index contributed by atoms with van der Waals surface area (Å²) in [7, 11) is 0. The van der Waals surface area contributed by atoms with E-state index in [4.69, 9.17) is 33.2 Å². The van der Waals surface area contributed by atoms with Crippen LogP contribution in [-0.4, -0.2) is 6.61 Å². The van der Waals surface area contributed by atoms with Gasteiger partial charge in [-0.15, -0.1) is 0 Å². The van der Waals surface area contributed by atoms with Crippen LogP contribution < -0.4 is 4.74 Å². The van der Waals surface area contributed by atoms with Gasteiger partial charge in [-0.05, 0) is 18.2 Å². The number of benzene rings is 1. The van der Waals surface area contributed by atoms with Crippen molar-refractivity contribution < 1.29 is 4.74 Å². The molecule has 14 heavy (non-hydrogen) atoms. The van der Waals surface area contributed by atoms with Crippen LogP contribution >= 0.6 is 23.2 Å². The Balaban J connectivity index is 2.80. The van der Waals surface area contributed by atoms with Gasteiger partial charge in [-0.3, -0.25) is 0 Å². The van der Waals surface area contributed by atoms with E-state index in [0.29, 0.717) is 21.4 Å². The number of rotatable bonds is 3. The Morgan fingerprint density at radius 3 is 2.79 bits per heavy atom. The molecular weight excluding hydrogens is 221 g/mol. The number of nitrogens with zero attached hydrogens (tertiary/aromatic N) is 1. The van der Waals surface area contributed by atoms with Crippen LogP contribution in [-0.2, 0) is 0 Å². The van der Waals surface area contributed by atoms with Crippen LogP contribution in [0.4, 0.5) is 0 Å². The Labute approximate surface area is 92.3 Å². The molecule has 0 aliphatic heterocycles. The third kappa shape index (κ3) is 2.95. The largest absolute Gasteiger partial charge is 0.486 e. The highest BCUT2D eigenvalue weighted by molar-refractivity contribution is 6.32. The lowest BCUT2D eigenvalue weighted by Crippen LogP contribution is -1.96. The fourth-order valence-corrected chi connectivity index (χ4v) is 1.13. The lowest BCUT2D eigenvalue weighted by Gasteiger charge is -2.06. The molecule has 72 valence electrons. The summed E-state index contributed by atoms with van der Waals surface area (Å²) in [6.07, 6.45) is 0. The molecule has 0 saturated heterocycles. The van der Waals surface area contributed by atoms with E-state index in [-0.39, 0.29) is 6.61 Å². The van der Waals surface area contributed by atoms with Gasteiger partial charge in [0.1, 0.15) is 12.4 Å². The predicted octanol–water partition coefficient (Wildman–Crippen LogP) is 3.34. The number of hydrogen-bond acceptors (Lipinski definition) is 2. The van der Waals surface area contributed by atoms with Gasteiger partial charge in [0, 0.05) is 5.03 Å². The molecule has 0 bridgehead atoms. The van der Waals surface area contributed by atoms with Crippen molar-refractivity contribution in [2.45, 2.75) is 0 Å². The van der Waals surface area contributed by atoms with E-state index in [2.05, 4.69) is 6.58 Å². The van der Waals surface area contributed by atoms with Crippen LogP contribution in [0.15, 0.2) is 29.8 Å². The van der Waals surface area contributed by atoms with Gasteiger partial charge in [-0.25, -0.2) is 0 Å². The molecule has 1 aromatic rings. The van der Waals surface area contributed by atoms with Gasteiger partial charge < -0.3 is 4.74 Å². The van der Waals surface area contributed by atoms with Crippen molar-refractivity contribution in [1.82, 2.24) is 0 Å². The van der Waals surface area contributed by atoms with Gasteiger partial charge in [0.15, 0.2) is 0 Å². The smallest absolute Gasteiger partial charge is 0.138 e. The highest BCUT2D eigenvalue weighted by Gasteiger charge is 2.02. The quantitative estimate of drug-likeness (QED) is 0.794. The fourth-order valence-electron chi connectivity index (χ4n) is 0.844. The Morgan fingerprint density at radius 2 is 2.29 bits per heavy atom. The van der Waals surface area contributed by atoms with E-state index in [1.165, 1.54) is 6.07 Å². The predicted molar refractivity (Wildman–Crippen MR) is 56.7 cm³/mol. The first-order valence-electron chi connectivity index (χ1n) is 3.79. The molecule has 4 heteroatoms. The van der Waals surface area contributed by atoms with Gasteiger partial charge >= 0.3 is 0 Å². The second kappa shape index (κ2) is 4.90. The molecule has 0 heterocycles. The van der Waals surface area contributed by atoms with E-state index in [0.717, 1.165) is 0 Å². The molecule has 0 N–H and O–H groups in total. The van der Waals surface area contributed by atoms with Gasteiger partial charge in [0.05, 0.1) is 16.7 Å². The first-order chi connectivity index (χ1) is 6.63. The summed E-state index contributed by atoms with van der Waals surface area (Å²) >= 11 is 11.4. The molecule has 0 atom stereocenters. The zero-order valence-electron chi connectivity index (χ0n) is 7.26. The van der Waals surface area contributed by atoms with E-state index >= 15 is 0 Å². The van der Waals surface area contributed by atoms with Crippen LogP contribution in [0.5, 0.6) is 5.75 Å². The standard InChI is InChI=1S/C10H7Cl2NO/c1-7(11)6-14-10-3-2-8(5-13)4-9(10)12/h2-4H,1,6H2. The summed E-state index contributed by atoms with van der Waals surface area (Å²) in [5.74, 6) is 0.493. The van der Waals surface area contributed by atoms with Gasteiger partial charge in [0.2, 0.25) is 0 Å². The number of ether oxygens (including phenoxy) is 1. The molecule has 0 aliphatic rings. The zero-order valence-corrected chi connectivity index (χ0v) is 8.77. The van der Waals surface area contributed by atoms with Crippen LogP contribution in [0.3, 0.4) is 0 Å². The minimum atomic E-state index is 0.202. The molecule has 0 aliphatic carbocycles. The zero-order chi connectivity index (χ0) is 10.6. The molecule has 0 radical (unpaired) electrons. The molecule has 1 rings (SSSR count). The minimum Gasteiger partial charge on any atom is -0.486 e. The maximum atomic E-state index is 8.59. The normalized spacial score (nSPS) is 9.21. The third-order valence-corrected chi connectivity index (χ3v) is 1.85. The lowest BCUT2D eigenvalue weighted by molar-refractivity contribution is 0.360. The van der Waals surface area contributed by atoms with Crippen molar-refractivity contribution in [3.8, 4) is 11.8 Å². The highest BCUT2D eigenvalue weighted by atomic mass is 35.5. The first kappa shape index (κ1) is 10.9. The maximum Gasteiger partial charge on any atom is 0.138 e. The van der Waals surface area contributed by atoms with Crippen LogP contribution in [0.25, 0.3) is 0 Å². The SMILES string of the molecule is C=C(Cl)COc1ccc(C#N)cc1Cl. The monoisotopic (exact) mass is 227 g/mol. The summed E-state index contributed by atoms with van der Waals surface area (Å²) in [6.45, 7) is 3.68. The second-order valence-electron chi connectivity index (χ2n) is 2.56. The van der Waals surface area contributed by atoms with Crippen LogP contribution in [0, 0.1) is 11.3 Å². The Morgan fingerprint density at radius 1 is 1.57 bits per heavy atom. The van der Waals surface area contributed by atoms with Crippen molar-refractivity contribution in [3.05, 3.63) is 40.4 Å². The van der Waals surface area contributed by atoms with Crippen molar-refractivity contribution in [1.29, 1.82) is 5.26 Å². The average molecular weight is 228 g/mol. The van der Waals surface area contributed by atoms with Crippen molar-refractivity contribution in [2.24, 2.45) is 0 Å². The van der Waals surface area contributed by atoms with E-state index in [1.807, 2.05) is 6.07 Å². The van der Waals surface area contributed by atoms with Crippen molar-refractivity contribution in [3.63, 3.8) is 0 Å². The van der Waals surface area contributed by atoms with E-state index < -0.39 is 0 Å². The molecule has 0 spiro atoms. The Hall–Kier alpha value is -1.17. The molecule has 1 aromatic carbocycles. The van der Waals surface area contributed by atoms with Gasteiger partial charge in [-0.2, -0.15) is 5.26 Å². The van der Waals surface area contributed by atoms with E-state index in [9.17, 15) is 0 Å². The van der Waals surface area contributed by atoms with Crippen LogP contribution in [0.1, 0.15) is 5.56 Å². The van der Waals surface area contributed by atoms with E-state index in [1.54, 1.807) is 12.1 Å². The highest BCUT2D eigenvalue weighted by Crippen LogP contribution is 2.25. The van der Waals surface area contributed by atoms with Gasteiger partial charge in [0.25, 0.3) is 0 Å². The Bertz CT molecular complexity index is 396. The summed E-state index contributed by atoms with van der Waals surface area (Å²) in [4.78, 5) is 0. The first-order valence-corrected chi connectivity index (χ1v) is 4.55. The lowest BCUT2D eigenvalue weighted by atomic mass is 10.2. The number of nitriles is 1. The fraction of sp³-hybridized carbons (Fsp3) is 0.100. The molecular formula is C10H7Cl2NO. The molecule has 0 amide bonds. The molecule has 0 unspecified atom stereocenters. The number of hydrogen-bond donors (Lipinski definition) is 0. The summed E-state index contributed by atoms with van der Waals surface area (Å²) in [5.41, 5.74) is 0.493. The number of halogens is 2. The molecule has 2 nitrogen and oxygen atoms in total. The van der Waals surface area contributed by atoms with Crippen molar-refractivity contribution in [2.75, 3.05) is 6.61 Å². The third-order valence-electron chi connectivity index (χ3n) is 1.45. The Kier molecular flexibility index (Phi) is 3.82. The summed E-state index contributed by atoms with van der Waals surface area (Å²) in [5, 5.41) is 9.37. The summed E-state index contributed by atoms with van der Waals surface area (Å²) in [6, 6.07) is 6.76. The second-order valence-corrected chi connectivity index (χ2v) is 3.50. The molecule has 0 fully saturated rings. The van der Waals surface area contributed by atoms with Gasteiger partial charge in [-0.1, -0.05) is 29.8 Å².